The maximum absolute atomic E-state index is 11.4. The van der Waals surface area contributed by atoms with Gasteiger partial charge in [-0.25, -0.2) is 4.79 Å². The molecule has 0 spiro atoms. The summed E-state index contributed by atoms with van der Waals surface area (Å²) in [4.78, 5) is 22.8. The zero-order chi connectivity index (χ0) is 14.8. The minimum atomic E-state index is -0.909. The molecule has 0 heterocycles. The first-order chi connectivity index (χ1) is 9.59. The van der Waals surface area contributed by atoms with E-state index in [9.17, 15) is 9.59 Å². The summed E-state index contributed by atoms with van der Waals surface area (Å²) in [5.74, 6) is -1.81. The average molecular weight is 278 g/mol. The number of nitrogens with one attached hydrogen (secondary N) is 3. The molecule has 0 unspecified atom stereocenters. The molecule has 0 atom stereocenters. The second-order valence-electron chi connectivity index (χ2n) is 4.01. The predicted octanol–water partition coefficient (Wildman–Crippen LogP) is -0.281. The van der Waals surface area contributed by atoms with Gasteiger partial charge in [0, 0.05) is 13.1 Å². The average Bonchev–Trinajstić information content (AvgIpc) is 2.45. The number of carbonyl (C=O) groups is 2. The molecule has 0 aliphatic rings. The van der Waals surface area contributed by atoms with Crippen LogP contribution in [0, 0.1) is 5.41 Å². The molecule has 1 rings (SSSR count). The molecule has 0 saturated heterocycles. The van der Waals surface area contributed by atoms with E-state index in [1.807, 2.05) is 18.2 Å². The minimum absolute atomic E-state index is 0.0684. The lowest BCUT2D eigenvalue weighted by atomic mass is 10.2. The fourth-order valence-corrected chi connectivity index (χ4v) is 1.37. The van der Waals surface area contributed by atoms with Gasteiger partial charge in [0.25, 0.3) is 0 Å². The molecule has 1 aromatic rings. The van der Waals surface area contributed by atoms with E-state index in [0.29, 0.717) is 19.5 Å². The van der Waals surface area contributed by atoms with Gasteiger partial charge in [0.15, 0.2) is 5.96 Å². The lowest BCUT2D eigenvalue weighted by Gasteiger charge is -2.06. The second kappa shape index (κ2) is 8.52. The summed E-state index contributed by atoms with van der Waals surface area (Å²) in [7, 11) is 0. The molecule has 7 nitrogen and oxygen atoms in total. The molecule has 0 saturated carbocycles. The molecule has 0 aromatic heterocycles. The van der Waals surface area contributed by atoms with Crippen molar-refractivity contribution in [3.05, 3.63) is 35.9 Å². The largest absolute Gasteiger partial charge is 0.454 e. The van der Waals surface area contributed by atoms with Crippen molar-refractivity contribution in [2.24, 2.45) is 5.73 Å². The topological polar surface area (TPSA) is 117 Å². The standard InChI is InChI=1S/C13H18N4O3/c14-13(15)17-8-4-7-16-11(18)12(19)20-9-10-5-2-1-3-6-10/h1-3,5-6H,4,7-9H2,(H,16,18)(H4,14,15,17). The molecule has 108 valence electrons. The van der Waals surface area contributed by atoms with Crippen molar-refractivity contribution < 1.29 is 14.3 Å². The number of amides is 1. The van der Waals surface area contributed by atoms with E-state index in [1.165, 1.54) is 0 Å². The number of benzene rings is 1. The number of ether oxygens (including phenoxy) is 1. The Kier molecular flexibility index (Phi) is 6.60. The maximum atomic E-state index is 11.4. The van der Waals surface area contributed by atoms with Gasteiger partial charge in [0.1, 0.15) is 6.61 Å². The van der Waals surface area contributed by atoms with Crippen LogP contribution in [0.15, 0.2) is 30.3 Å². The highest BCUT2D eigenvalue weighted by molar-refractivity contribution is 6.32. The van der Waals surface area contributed by atoms with Gasteiger partial charge in [-0.15, -0.1) is 0 Å². The van der Waals surface area contributed by atoms with Crippen molar-refractivity contribution in [3.8, 4) is 0 Å². The maximum Gasteiger partial charge on any atom is 0.397 e. The van der Waals surface area contributed by atoms with Gasteiger partial charge in [-0.3, -0.25) is 10.2 Å². The third-order valence-electron chi connectivity index (χ3n) is 2.35. The van der Waals surface area contributed by atoms with Gasteiger partial charge >= 0.3 is 11.9 Å². The summed E-state index contributed by atoms with van der Waals surface area (Å²) < 4.78 is 4.86. The molecule has 0 aliphatic carbocycles. The van der Waals surface area contributed by atoms with Crippen LogP contribution in [0.25, 0.3) is 0 Å². The zero-order valence-corrected chi connectivity index (χ0v) is 11.0. The van der Waals surface area contributed by atoms with E-state index in [1.54, 1.807) is 12.1 Å². The first-order valence-corrected chi connectivity index (χ1v) is 6.16. The number of nitrogens with two attached hydrogens (primary N) is 1. The second-order valence-corrected chi connectivity index (χ2v) is 4.01. The lowest BCUT2D eigenvalue weighted by Crippen LogP contribution is -2.36. The fraction of sp³-hybridized carbons (Fsp3) is 0.308. The van der Waals surface area contributed by atoms with Gasteiger partial charge < -0.3 is 21.1 Å². The third-order valence-corrected chi connectivity index (χ3v) is 2.35. The van der Waals surface area contributed by atoms with E-state index >= 15 is 0 Å². The van der Waals surface area contributed by atoms with Crippen LogP contribution in [-0.4, -0.2) is 30.9 Å². The highest BCUT2D eigenvalue weighted by atomic mass is 16.5. The van der Waals surface area contributed by atoms with Crippen LogP contribution in [0.4, 0.5) is 0 Å². The summed E-state index contributed by atoms with van der Waals surface area (Å²) in [6, 6.07) is 9.11. The van der Waals surface area contributed by atoms with Crippen LogP contribution in [0.2, 0.25) is 0 Å². The fourth-order valence-electron chi connectivity index (χ4n) is 1.37. The van der Waals surface area contributed by atoms with E-state index in [0.717, 1.165) is 5.56 Å². The van der Waals surface area contributed by atoms with Crippen molar-refractivity contribution in [3.63, 3.8) is 0 Å². The lowest BCUT2D eigenvalue weighted by molar-refractivity contribution is -0.155. The number of hydrogen-bond donors (Lipinski definition) is 4. The van der Waals surface area contributed by atoms with Crippen LogP contribution < -0.4 is 16.4 Å². The van der Waals surface area contributed by atoms with E-state index < -0.39 is 11.9 Å². The summed E-state index contributed by atoms with van der Waals surface area (Å²) in [6.07, 6.45) is 0.553. The van der Waals surface area contributed by atoms with E-state index in [2.05, 4.69) is 10.6 Å². The number of guanidine groups is 1. The van der Waals surface area contributed by atoms with Gasteiger partial charge in [-0.05, 0) is 12.0 Å². The summed E-state index contributed by atoms with van der Waals surface area (Å²) in [5, 5.41) is 11.9. The molecule has 20 heavy (non-hydrogen) atoms. The smallest absolute Gasteiger partial charge is 0.397 e. The van der Waals surface area contributed by atoms with Gasteiger partial charge in [-0.1, -0.05) is 30.3 Å². The van der Waals surface area contributed by atoms with Crippen molar-refractivity contribution in [1.82, 2.24) is 10.6 Å². The van der Waals surface area contributed by atoms with Crippen molar-refractivity contribution in [2.45, 2.75) is 13.0 Å². The summed E-state index contributed by atoms with van der Waals surface area (Å²) >= 11 is 0. The monoisotopic (exact) mass is 278 g/mol. The van der Waals surface area contributed by atoms with Crippen LogP contribution in [0.1, 0.15) is 12.0 Å². The Morgan fingerprint density at radius 1 is 1.15 bits per heavy atom. The molecule has 1 amide bonds. The minimum Gasteiger partial charge on any atom is -0.454 e. The van der Waals surface area contributed by atoms with Gasteiger partial charge in [0.2, 0.25) is 0 Å². The number of hydrogen-bond acceptors (Lipinski definition) is 4. The van der Waals surface area contributed by atoms with Crippen LogP contribution >= 0.6 is 0 Å². The van der Waals surface area contributed by atoms with Gasteiger partial charge in [-0.2, -0.15) is 0 Å². The Hall–Kier alpha value is -2.57. The first kappa shape index (κ1) is 15.5. The highest BCUT2D eigenvalue weighted by Gasteiger charge is 2.14. The normalized spacial score (nSPS) is 9.60. The van der Waals surface area contributed by atoms with E-state index in [-0.39, 0.29) is 12.6 Å². The molecule has 0 aliphatic heterocycles. The Labute approximate surface area is 117 Å². The van der Waals surface area contributed by atoms with Crippen LogP contribution in [-0.2, 0) is 20.9 Å². The SMILES string of the molecule is N=C(N)NCCCNC(=O)C(=O)OCc1ccccc1. The van der Waals surface area contributed by atoms with Crippen molar-refractivity contribution in [1.29, 1.82) is 5.41 Å². The van der Waals surface area contributed by atoms with Crippen LogP contribution in [0.3, 0.4) is 0 Å². The highest BCUT2D eigenvalue weighted by Crippen LogP contribution is 2.00. The first-order valence-electron chi connectivity index (χ1n) is 6.16. The van der Waals surface area contributed by atoms with Crippen molar-refractivity contribution in [2.75, 3.05) is 13.1 Å². The third kappa shape index (κ3) is 6.39. The molecule has 0 bridgehead atoms. The zero-order valence-electron chi connectivity index (χ0n) is 11.0. The Balaban J connectivity index is 2.16. The van der Waals surface area contributed by atoms with Crippen molar-refractivity contribution >= 4 is 17.8 Å². The quantitative estimate of drug-likeness (QED) is 0.188. The number of esters is 1. The summed E-state index contributed by atoms with van der Waals surface area (Å²) in [6.45, 7) is 0.827. The molecular formula is C13H18N4O3. The molecule has 5 N–H and O–H groups in total. The number of rotatable bonds is 6. The molecule has 7 heteroatoms. The molecule has 0 fully saturated rings. The van der Waals surface area contributed by atoms with Crippen LogP contribution in [0.5, 0.6) is 0 Å². The molecule has 0 radical (unpaired) electrons. The summed E-state index contributed by atoms with van der Waals surface area (Å²) in [5.41, 5.74) is 5.91. The van der Waals surface area contributed by atoms with E-state index in [4.69, 9.17) is 15.9 Å². The Morgan fingerprint density at radius 2 is 1.80 bits per heavy atom. The molecule has 1 aromatic carbocycles. The number of carbonyl (C=O) groups excluding carboxylic acids is 2. The molecular weight excluding hydrogens is 260 g/mol. The van der Waals surface area contributed by atoms with Gasteiger partial charge in [0.05, 0.1) is 0 Å². The predicted molar refractivity (Wildman–Crippen MR) is 73.8 cm³/mol. The Bertz CT molecular complexity index is 462. The Morgan fingerprint density at radius 3 is 2.45 bits per heavy atom.